The third kappa shape index (κ3) is 6.20. The van der Waals surface area contributed by atoms with Crippen LogP contribution in [0.3, 0.4) is 0 Å². The SMILES string of the molecule is CCCOc1ccc(CNC(=O)CN2CCC(CO)CC2)cc1. The van der Waals surface area contributed by atoms with E-state index in [1.807, 2.05) is 24.3 Å². The number of hydrogen-bond donors (Lipinski definition) is 2. The van der Waals surface area contributed by atoms with Gasteiger partial charge in [-0.2, -0.15) is 0 Å². The fourth-order valence-corrected chi connectivity index (χ4v) is 2.71. The Morgan fingerprint density at radius 3 is 2.61 bits per heavy atom. The van der Waals surface area contributed by atoms with Gasteiger partial charge in [0.25, 0.3) is 0 Å². The average molecular weight is 320 g/mol. The van der Waals surface area contributed by atoms with Crippen LogP contribution >= 0.6 is 0 Å². The first-order chi connectivity index (χ1) is 11.2. The molecule has 1 aliphatic rings. The first-order valence-electron chi connectivity index (χ1n) is 8.53. The molecule has 1 amide bonds. The molecule has 128 valence electrons. The number of rotatable bonds is 8. The molecule has 1 fully saturated rings. The van der Waals surface area contributed by atoms with Crippen molar-refractivity contribution in [1.29, 1.82) is 0 Å². The van der Waals surface area contributed by atoms with E-state index in [0.29, 0.717) is 19.0 Å². The van der Waals surface area contributed by atoms with Crippen molar-refractivity contribution >= 4 is 5.91 Å². The highest BCUT2D eigenvalue weighted by atomic mass is 16.5. The summed E-state index contributed by atoms with van der Waals surface area (Å²) in [5.74, 6) is 1.33. The molecule has 0 radical (unpaired) electrons. The molecule has 0 spiro atoms. The van der Waals surface area contributed by atoms with Gasteiger partial charge in [0.1, 0.15) is 5.75 Å². The third-order valence-corrected chi connectivity index (χ3v) is 4.22. The number of benzene rings is 1. The van der Waals surface area contributed by atoms with Crippen molar-refractivity contribution < 1.29 is 14.6 Å². The van der Waals surface area contributed by atoms with Crippen molar-refractivity contribution in [3.63, 3.8) is 0 Å². The molecule has 5 nitrogen and oxygen atoms in total. The van der Waals surface area contributed by atoms with E-state index < -0.39 is 0 Å². The smallest absolute Gasteiger partial charge is 0.234 e. The van der Waals surface area contributed by atoms with E-state index in [1.54, 1.807) is 0 Å². The third-order valence-electron chi connectivity index (χ3n) is 4.22. The number of hydrogen-bond acceptors (Lipinski definition) is 4. The molecule has 0 bridgehead atoms. The van der Waals surface area contributed by atoms with E-state index in [9.17, 15) is 4.79 Å². The van der Waals surface area contributed by atoms with Crippen LogP contribution in [-0.4, -0.2) is 48.8 Å². The summed E-state index contributed by atoms with van der Waals surface area (Å²) >= 11 is 0. The molecule has 2 rings (SSSR count). The predicted octanol–water partition coefficient (Wildman–Crippen LogP) is 1.80. The van der Waals surface area contributed by atoms with Crippen LogP contribution < -0.4 is 10.1 Å². The van der Waals surface area contributed by atoms with E-state index in [4.69, 9.17) is 9.84 Å². The predicted molar refractivity (Wildman–Crippen MR) is 90.3 cm³/mol. The van der Waals surface area contributed by atoms with Gasteiger partial charge >= 0.3 is 0 Å². The second kappa shape index (κ2) is 9.53. The lowest BCUT2D eigenvalue weighted by Gasteiger charge is -2.30. The van der Waals surface area contributed by atoms with E-state index in [0.717, 1.165) is 50.3 Å². The first-order valence-corrected chi connectivity index (χ1v) is 8.53. The zero-order valence-electron chi connectivity index (χ0n) is 14.0. The maximum absolute atomic E-state index is 12.0. The van der Waals surface area contributed by atoms with Crippen LogP contribution in [-0.2, 0) is 11.3 Å². The van der Waals surface area contributed by atoms with Gasteiger partial charge in [0.15, 0.2) is 0 Å². The maximum atomic E-state index is 12.0. The summed E-state index contributed by atoms with van der Waals surface area (Å²) in [5.41, 5.74) is 1.07. The maximum Gasteiger partial charge on any atom is 0.234 e. The van der Waals surface area contributed by atoms with E-state index in [1.165, 1.54) is 0 Å². The first kappa shape index (κ1) is 17.8. The minimum atomic E-state index is 0.0544. The van der Waals surface area contributed by atoms with Crippen LogP contribution in [0.25, 0.3) is 0 Å². The molecular formula is C18H28N2O3. The zero-order chi connectivity index (χ0) is 16.5. The summed E-state index contributed by atoms with van der Waals surface area (Å²) in [5, 5.41) is 12.1. The summed E-state index contributed by atoms with van der Waals surface area (Å²) in [6.45, 7) is 5.83. The Labute approximate surface area is 138 Å². The van der Waals surface area contributed by atoms with E-state index in [2.05, 4.69) is 17.1 Å². The lowest BCUT2D eigenvalue weighted by molar-refractivity contribution is -0.122. The average Bonchev–Trinajstić information content (AvgIpc) is 2.59. The van der Waals surface area contributed by atoms with Crippen LogP contribution in [0.5, 0.6) is 5.75 Å². The fourth-order valence-electron chi connectivity index (χ4n) is 2.71. The summed E-state index contributed by atoms with van der Waals surface area (Å²) < 4.78 is 5.54. The molecule has 0 saturated carbocycles. The number of piperidine rings is 1. The van der Waals surface area contributed by atoms with Gasteiger partial charge in [-0.25, -0.2) is 0 Å². The lowest BCUT2D eigenvalue weighted by Crippen LogP contribution is -2.41. The lowest BCUT2D eigenvalue weighted by atomic mass is 9.98. The summed E-state index contributed by atoms with van der Waals surface area (Å²) in [7, 11) is 0. The number of nitrogens with zero attached hydrogens (tertiary/aromatic N) is 1. The van der Waals surface area contributed by atoms with Crippen molar-refractivity contribution in [2.24, 2.45) is 5.92 Å². The molecule has 1 aromatic rings. The van der Waals surface area contributed by atoms with Crippen molar-refractivity contribution in [2.75, 3.05) is 32.8 Å². The van der Waals surface area contributed by atoms with Crippen molar-refractivity contribution in [3.8, 4) is 5.75 Å². The highest BCUT2D eigenvalue weighted by molar-refractivity contribution is 5.78. The van der Waals surface area contributed by atoms with Crippen LogP contribution in [0, 0.1) is 5.92 Å². The number of carbonyl (C=O) groups is 1. The van der Waals surface area contributed by atoms with Crippen LogP contribution in [0.4, 0.5) is 0 Å². The molecule has 1 aliphatic heterocycles. The van der Waals surface area contributed by atoms with Crippen molar-refractivity contribution in [2.45, 2.75) is 32.7 Å². The standard InChI is InChI=1S/C18H28N2O3/c1-2-11-23-17-5-3-15(4-6-17)12-19-18(22)13-20-9-7-16(14-21)8-10-20/h3-6,16,21H,2,7-14H2,1H3,(H,19,22). The molecule has 5 heteroatoms. The minimum Gasteiger partial charge on any atom is -0.494 e. The summed E-state index contributed by atoms with van der Waals surface area (Å²) in [6, 6.07) is 7.85. The zero-order valence-corrected chi connectivity index (χ0v) is 14.0. The van der Waals surface area contributed by atoms with Crippen LogP contribution in [0.1, 0.15) is 31.7 Å². The topological polar surface area (TPSA) is 61.8 Å². The Morgan fingerprint density at radius 2 is 2.00 bits per heavy atom. The van der Waals surface area contributed by atoms with E-state index in [-0.39, 0.29) is 12.5 Å². The van der Waals surface area contributed by atoms with Gasteiger partial charge in [0.05, 0.1) is 13.2 Å². The second-order valence-corrected chi connectivity index (χ2v) is 6.17. The van der Waals surface area contributed by atoms with Crippen molar-refractivity contribution in [3.05, 3.63) is 29.8 Å². The van der Waals surface area contributed by atoms with Gasteiger partial charge < -0.3 is 15.2 Å². The Balaban J connectivity index is 1.68. The highest BCUT2D eigenvalue weighted by Gasteiger charge is 2.19. The Hall–Kier alpha value is -1.59. The van der Waals surface area contributed by atoms with Gasteiger partial charge in [-0.15, -0.1) is 0 Å². The second-order valence-electron chi connectivity index (χ2n) is 6.17. The number of aliphatic hydroxyl groups is 1. The van der Waals surface area contributed by atoms with Crippen LogP contribution in [0.15, 0.2) is 24.3 Å². The quantitative estimate of drug-likeness (QED) is 0.767. The number of amides is 1. The monoisotopic (exact) mass is 320 g/mol. The molecule has 23 heavy (non-hydrogen) atoms. The Bertz CT molecular complexity index is 468. The number of nitrogens with one attached hydrogen (secondary N) is 1. The Kier molecular flexibility index (Phi) is 7.36. The molecule has 0 atom stereocenters. The molecule has 2 N–H and O–H groups in total. The number of ether oxygens (including phenoxy) is 1. The number of likely N-dealkylation sites (tertiary alicyclic amines) is 1. The molecule has 1 saturated heterocycles. The molecule has 0 aliphatic carbocycles. The summed E-state index contributed by atoms with van der Waals surface area (Å²) in [4.78, 5) is 14.2. The largest absolute Gasteiger partial charge is 0.494 e. The van der Waals surface area contributed by atoms with Gasteiger partial charge in [0, 0.05) is 13.2 Å². The molecule has 1 aromatic carbocycles. The molecule has 0 unspecified atom stereocenters. The summed E-state index contributed by atoms with van der Waals surface area (Å²) in [6.07, 6.45) is 2.94. The van der Waals surface area contributed by atoms with E-state index >= 15 is 0 Å². The fraction of sp³-hybridized carbons (Fsp3) is 0.611. The molecule has 1 heterocycles. The normalized spacial score (nSPS) is 16.3. The highest BCUT2D eigenvalue weighted by Crippen LogP contribution is 2.16. The van der Waals surface area contributed by atoms with Crippen molar-refractivity contribution in [1.82, 2.24) is 10.2 Å². The van der Waals surface area contributed by atoms with Gasteiger partial charge in [0.2, 0.25) is 5.91 Å². The van der Waals surface area contributed by atoms with Gasteiger partial charge in [-0.3, -0.25) is 9.69 Å². The van der Waals surface area contributed by atoms with Crippen LogP contribution in [0.2, 0.25) is 0 Å². The van der Waals surface area contributed by atoms with Gasteiger partial charge in [-0.1, -0.05) is 19.1 Å². The molecular weight excluding hydrogens is 292 g/mol. The van der Waals surface area contributed by atoms with Gasteiger partial charge in [-0.05, 0) is 56.0 Å². The minimum absolute atomic E-state index is 0.0544. The Morgan fingerprint density at radius 1 is 1.30 bits per heavy atom. The number of aliphatic hydroxyl groups excluding tert-OH is 1. The number of carbonyl (C=O) groups excluding carboxylic acids is 1. The molecule has 0 aromatic heterocycles.